The van der Waals surface area contributed by atoms with E-state index in [9.17, 15) is 9.59 Å². The van der Waals surface area contributed by atoms with Gasteiger partial charge < -0.3 is 15.2 Å². The summed E-state index contributed by atoms with van der Waals surface area (Å²) in [7, 11) is 1.59. The molecule has 0 spiro atoms. The number of hydrogen-bond acceptors (Lipinski definition) is 3. The third-order valence-electron chi connectivity index (χ3n) is 4.10. The number of rotatable bonds is 5. The van der Waals surface area contributed by atoms with Gasteiger partial charge >= 0.3 is 5.97 Å². The van der Waals surface area contributed by atoms with Gasteiger partial charge in [-0.15, -0.1) is 0 Å². The molecule has 0 bridgehead atoms. The molecule has 5 heteroatoms. The van der Waals surface area contributed by atoms with Crippen LogP contribution in [0.25, 0.3) is 0 Å². The molecule has 0 aliphatic heterocycles. The fraction of sp³-hybridized carbons (Fsp3) is 0.500. The first-order chi connectivity index (χ1) is 10.1. The van der Waals surface area contributed by atoms with Crippen LogP contribution in [-0.2, 0) is 4.79 Å². The Kier molecular flexibility index (Phi) is 5.20. The first kappa shape index (κ1) is 15.4. The number of ether oxygens (including phenoxy) is 1. The first-order valence-corrected chi connectivity index (χ1v) is 7.25. The van der Waals surface area contributed by atoms with Gasteiger partial charge in [-0.25, -0.2) is 0 Å². The molecular formula is C16H21NO4. The summed E-state index contributed by atoms with van der Waals surface area (Å²) in [6.07, 6.45) is 3.14. The van der Waals surface area contributed by atoms with Crippen molar-refractivity contribution in [1.29, 1.82) is 0 Å². The third-order valence-corrected chi connectivity index (χ3v) is 4.10. The Morgan fingerprint density at radius 2 is 1.81 bits per heavy atom. The van der Waals surface area contributed by atoms with E-state index in [1.54, 1.807) is 31.4 Å². The fourth-order valence-electron chi connectivity index (χ4n) is 2.70. The monoisotopic (exact) mass is 291 g/mol. The lowest BCUT2D eigenvalue weighted by Gasteiger charge is -2.26. The molecule has 1 aromatic rings. The fourth-order valence-corrected chi connectivity index (χ4v) is 2.70. The second kappa shape index (κ2) is 7.11. The summed E-state index contributed by atoms with van der Waals surface area (Å²) in [6, 6.07) is 6.98. The molecule has 0 radical (unpaired) electrons. The van der Waals surface area contributed by atoms with Gasteiger partial charge in [-0.05, 0) is 55.9 Å². The predicted molar refractivity (Wildman–Crippen MR) is 78.4 cm³/mol. The first-order valence-electron chi connectivity index (χ1n) is 7.25. The van der Waals surface area contributed by atoms with E-state index in [0.717, 1.165) is 18.6 Å². The molecule has 1 aromatic carbocycles. The van der Waals surface area contributed by atoms with Crippen LogP contribution in [0.5, 0.6) is 5.75 Å². The summed E-state index contributed by atoms with van der Waals surface area (Å²) in [4.78, 5) is 22.9. The number of carbonyl (C=O) groups is 2. The quantitative estimate of drug-likeness (QED) is 0.873. The average Bonchev–Trinajstić information content (AvgIpc) is 2.53. The molecule has 0 unspecified atom stereocenters. The van der Waals surface area contributed by atoms with E-state index in [4.69, 9.17) is 9.84 Å². The number of carbonyl (C=O) groups excluding carboxylic acids is 1. The van der Waals surface area contributed by atoms with Crippen LogP contribution in [0.1, 0.15) is 36.0 Å². The van der Waals surface area contributed by atoms with Crippen molar-refractivity contribution in [3.63, 3.8) is 0 Å². The van der Waals surface area contributed by atoms with Gasteiger partial charge in [0.15, 0.2) is 0 Å². The average molecular weight is 291 g/mol. The number of carboxylic acid groups (broad SMARTS) is 1. The van der Waals surface area contributed by atoms with Gasteiger partial charge in [0, 0.05) is 12.1 Å². The molecule has 1 aliphatic carbocycles. The van der Waals surface area contributed by atoms with E-state index in [2.05, 4.69) is 5.32 Å². The molecule has 21 heavy (non-hydrogen) atoms. The van der Waals surface area contributed by atoms with Crippen LogP contribution in [-0.4, -0.2) is 30.6 Å². The van der Waals surface area contributed by atoms with Crippen molar-refractivity contribution >= 4 is 11.9 Å². The minimum Gasteiger partial charge on any atom is -0.497 e. The highest BCUT2D eigenvalue weighted by Crippen LogP contribution is 2.28. The van der Waals surface area contributed by atoms with E-state index in [0.29, 0.717) is 30.9 Å². The normalized spacial score (nSPS) is 21.6. The molecule has 1 saturated carbocycles. The Hall–Kier alpha value is -2.04. The Bertz CT molecular complexity index is 490. The summed E-state index contributed by atoms with van der Waals surface area (Å²) < 4.78 is 5.05. The lowest BCUT2D eigenvalue weighted by molar-refractivity contribution is -0.143. The number of nitrogens with one attached hydrogen (secondary N) is 1. The minimum atomic E-state index is -0.698. The van der Waals surface area contributed by atoms with Crippen LogP contribution in [0, 0.1) is 11.8 Å². The van der Waals surface area contributed by atoms with Crippen molar-refractivity contribution in [3.8, 4) is 5.75 Å². The zero-order chi connectivity index (χ0) is 15.2. The SMILES string of the molecule is COc1ccc(C(=O)NCC2CCC(C(=O)O)CC2)cc1. The topological polar surface area (TPSA) is 75.6 Å². The van der Waals surface area contributed by atoms with Crippen molar-refractivity contribution in [2.75, 3.05) is 13.7 Å². The van der Waals surface area contributed by atoms with Crippen LogP contribution < -0.4 is 10.1 Å². The molecule has 1 aliphatic rings. The van der Waals surface area contributed by atoms with Crippen LogP contribution in [0.2, 0.25) is 0 Å². The maximum atomic E-state index is 12.0. The molecule has 1 amide bonds. The molecule has 5 nitrogen and oxygen atoms in total. The number of methoxy groups -OCH3 is 1. The molecule has 0 aromatic heterocycles. The van der Waals surface area contributed by atoms with Gasteiger partial charge in [0.05, 0.1) is 13.0 Å². The van der Waals surface area contributed by atoms with Crippen LogP contribution >= 0.6 is 0 Å². The van der Waals surface area contributed by atoms with Gasteiger partial charge in [-0.2, -0.15) is 0 Å². The van der Waals surface area contributed by atoms with E-state index in [-0.39, 0.29) is 11.8 Å². The molecule has 2 rings (SSSR count). The van der Waals surface area contributed by atoms with Crippen molar-refractivity contribution in [2.45, 2.75) is 25.7 Å². The summed E-state index contributed by atoms with van der Waals surface area (Å²) >= 11 is 0. The predicted octanol–water partition coefficient (Wildman–Crippen LogP) is 2.32. The summed E-state index contributed by atoms with van der Waals surface area (Å²) in [5.41, 5.74) is 0.607. The van der Waals surface area contributed by atoms with Crippen molar-refractivity contribution in [3.05, 3.63) is 29.8 Å². The highest BCUT2D eigenvalue weighted by molar-refractivity contribution is 5.94. The van der Waals surface area contributed by atoms with Gasteiger partial charge in [-0.3, -0.25) is 9.59 Å². The Labute approximate surface area is 124 Å². The zero-order valence-corrected chi connectivity index (χ0v) is 12.2. The van der Waals surface area contributed by atoms with Crippen LogP contribution in [0.4, 0.5) is 0 Å². The second-order valence-corrected chi connectivity index (χ2v) is 5.49. The minimum absolute atomic E-state index is 0.0991. The molecule has 0 heterocycles. The van der Waals surface area contributed by atoms with Crippen molar-refractivity contribution in [1.82, 2.24) is 5.32 Å². The van der Waals surface area contributed by atoms with Crippen molar-refractivity contribution < 1.29 is 19.4 Å². The standard InChI is InChI=1S/C16H21NO4/c1-21-14-8-6-12(7-9-14)15(18)17-10-11-2-4-13(5-3-11)16(19)20/h6-9,11,13H,2-5,10H2,1H3,(H,17,18)(H,19,20). The number of carboxylic acids is 1. The molecule has 0 atom stereocenters. The Morgan fingerprint density at radius 1 is 1.19 bits per heavy atom. The number of amides is 1. The van der Waals surface area contributed by atoms with E-state index in [1.165, 1.54) is 0 Å². The van der Waals surface area contributed by atoms with Crippen LogP contribution in [0.3, 0.4) is 0 Å². The largest absolute Gasteiger partial charge is 0.497 e. The lowest BCUT2D eigenvalue weighted by atomic mass is 9.82. The van der Waals surface area contributed by atoms with E-state index >= 15 is 0 Å². The molecule has 1 fully saturated rings. The van der Waals surface area contributed by atoms with Gasteiger partial charge in [0.2, 0.25) is 0 Å². The molecule has 0 saturated heterocycles. The lowest BCUT2D eigenvalue weighted by Crippen LogP contribution is -2.32. The molecule has 114 valence electrons. The highest BCUT2D eigenvalue weighted by atomic mass is 16.5. The van der Waals surface area contributed by atoms with E-state index in [1.807, 2.05) is 0 Å². The van der Waals surface area contributed by atoms with E-state index < -0.39 is 5.97 Å². The summed E-state index contributed by atoms with van der Waals surface area (Å²) in [5, 5.41) is 11.9. The Morgan fingerprint density at radius 3 is 2.33 bits per heavy atom. The van der Waals surface area contributed by atoms with Gasteiger partial charge in [0.25, 0.3) is 5.91 Å². The molecule has 2 N–H and O–H groups in total. The Balaban J connectivity index is 1.77. The maximum absolute atomic E-state index is 12.0. The zero-order valence-electron chi connectivity index (χ0n) is 12.2. The number of benzene rings is 1. The van der Waals surface area contributed by atoms with Crippen LogP contribution in [0.15, 0.2) is 24.3 Å². The maximum Gasteiger partial charge on any atom is 0.306 e. The van der Waals surface area contributed by atoms with Gasteiger partial charge in [0.1, 0.15) is 5.75 Å². The summed E-state index contributed by atoms with van der Waals surface area (Å²) in [6.45, 7) is 0.608. The second-order valence-electron chi connectivity index (χ2n) is 5.49. The summed E-state index contributed by atoms with van der Waals surface area (Å²) in [5.74, 6) is 0.0913. The highest BCUT2D eigenvalue weighted by Gasteiger charge is 2.26. The molecular weight excluding hydrogens is 270 g/mol. The number of aliphatic carboxylic acids is 1. The number of hydrogen-bond donors (Lipinski definition) is 2. The van der Waals surface area contributed by atoms with Gasteiger partial charge in [-0.1, -0.05) is 0 Å². The third kappa shape index (κ3) is 4.21. The van der Waals surface area contributed by atoms with Crippen molar-refractivity contribution in [2.24, 2.45) is 11.8 Å². The smallest absolute Gasteiger partial charge is 0.306 e.